The molecule has 0 unspecified atom stereocenters. The zero-order valence-corrected chi connectivity index (χ0v) is 19.7. The van der Waals surface area contributed by atoms with Gasteiger partial charge in [-0.1, -0.05) is 66.7 Å². The summed E-state index contributed by atoms with van der Waals surface area (Å²) in [6, 6.07) is 40.7. The number of hydrogen-bond donors (Lipinski definition) is 0. The van der Waals surface area contributed by atoms with Crippen molar-refractivity contribution in [1.29, 1.82) is 0 Å². The van der Waals surface area contributed by atoms with E-state index >= 15 is 0 Å². The normalized spacial score (nSPS) is 11.9. The summed E-state index contributed by atoms with van der Waals surface area (Å²) in [4.78, 5) is 19.0. The molecule has 0 aliphatic carbocycles. The van der Waals surface area contributed by atoms with Crippen LogP contribution in [-0.4, -0.2) is 18.5 Å². The van der Waals surface area contributed by atoms with Gasteiger partial charge in [0, 0.05) is 16.5 Å². The van der Waals surface area contributed by atoms with Crippen LogP contribution in [0, 0.1) is 0 Å². The number of benzene rings is 5. The van der Waals surface area contributed by atoms with Gasteiger partial charge in [0.25, 0.3) is 5.56 Å². The molecule has 0 radical (unpaired) electrons. The van der Waals surface area contributed by atoms with Gasteiger partial charge in [0.1, 0.15) is 0 Å². The van der Waals surface area contributed by atoms with Gasteiger partial charge in [-0.2, -0.15) is 0 Å². The summed E-state index contributed by atoms with van der Waals surface area (Å²) in [7, 11) is 0. The second-order valence-electron chi connectivity index (χ2n) is 9.28. The maximum absolute atomic E-state index is 14.2. The first-order valence-corrected chi connectivity index (χ1v) is 12.3. The molecule has 5 heteroatoms. The Kier molecular flexibility index (Phi) is 4.03. The Morgan fingerprint density at radius 2 is 1.11 bits per heavy atom. The summed E-state index contributed by atoms with van der Waals surface area (Å²) in [5.41, 5.74) is 6.53. The van der Waals surface area contributed by atoms with Crippen LogP contribution in [-0.2, 0) is 0 Å². The third kappa shape index (κ3) is 2.74. The van der Waals surface area contributed by atoms with E-state index in [1.165, 1.54) is 10.8 Å². The molecule has 0 saturated carbocycles. The number of aromatic nitrogens is 4. The molecule has 0 aliphatic rings. The summed E-state index contributed by atoms with van der Waals surface area (Å²) in [6.07, 6.45) is 0. The lowest BCUT2D eigenvalue weighted by Gasteiger charge is -2.13. The van der Waals surface area contributed by atoms with E-state index in [1.54, 1.807) is 4.57 Å². The minimum atomic E-state index is -0.0911. The molecule has 0 bridgehead atoms. The fourth-order valence-electron chi connectivity index (χ4n) is 5.65. The smallest absolute Gasteiger partial charge is 0.267 e. The van der Waals surface area contributed by atoms with Gasteiger partial charge in [-0.05, 0) is 54.6 Å². The molecule has 0 saturated heterocycles. The summed E-state index contributed by atoms with van der Waals surface area (Å²) >= 11 is 0. The van der Waals surface area contributed by atoms with Crippen LogP contribution in [0.1, 0.15) is 0 Å². The average molecular weight is 477 g/mol. The van der Waals surface area contributed by atoms with Crippen LogP contribution in [0.15, 0.2) is 126 Å². The minimum absolute atomic E-state index is 0.0911. The van der Waals surface area contributed by atoms with Crippen LogP contribution in [0.5, 0.6) is 0 Å². The highest BCUT2D eigenvalue weighted by atomic mass is 16.1. The number of fused-ring (bicyclic) bond motifs is 8. The fourth-order valence-corrected chi connectivity index (χ4v) is 5.65. The van der Waals surface area contributed by atoms with Crippen molar-refractivity contribution >= 4 is 49.5 Å². The molecule has 0 aliphatic heterocycles. The molecule has 0 N–H and O–H groups in total. The minimum Gasteiger partial charge on any atom is -0.309 e. The molecule has 0 amide bonds. The first-order chi connectivity index (χ1) is 18.3. The quantitative estimate of drug-likeness (QED) is 0.273. The molecular weight excluding hydrogens is 456 g/mol. The lowest BCUT2D eigenvalue weighted by atomic mass is 10.2. The third-order valence-corrected chi connectivity index (χ3v) is 7.25. The van der Waals surface area contributed by atoms with Gasteiger partial charge in [-0.3, -0.25) is 9.20 Å². The summed E-state index contributed by atoms with van der Waals surface area (Å²) in [6.45, 7) is 0. The van der Waals surface area contributed by atoms with Gasteiger partial charge >= 0.3 is 0 Å². The van der Waals surface area contributed by atoms with Gasteiger partial charge in [0.15, 0.2) is 0 Å². The summed E-state index contributed by atoms with van der Waals surface area (Å²) < 4.78 is 6.05. The number of nitrogens with zero attached hydrogens (tertiary/aromatic N) is 4. The van der Waals surface area contributed by atoms with E-state index in [-0.39, 0.29) is 5.56 Å². The molecule has 0 fully saturated rings. The molecular formula is C32H20N4O. The van der Waals surface area contributed by atoms with Gasteiger partial charge in [0.05, 0.1) is 38.7 Å². The highest BCUT2D eigenvalue weighted by Crippen LogP contribution is 2.33. The van der Waals surface area contributed by atoms with Gasteiger partial charge in [0.2, 0.25) is 5.78 Å². The summed E-state index contributed by atoms with van der Waals surface area (Å²) in [5, 5.41) is 3.02. The Bertz CT molecular complexity index is 2160. The Hall–Kier alpha value is -5.16. The van der Waals surface area contributed by atoms with Crippen LogP contribution < -0.4 is 5.56 Å². The van der Waals surface area contributed by atoms with Gasteiger partial charge in [-0.25, -0.2) is 9.55 Å². The van der Waals surface area contributed by atoms with Crippen LogP contribution in [0.25, 0.3) is 60.9 Å². The van der Waals surface area contributed by atoms with E-state index in [2.05, 4.69) is 69.6 Å². The van der Waals surface area contributed by atoms with E-state index in [0.29, 0.717) is 11.2 Å². The number of rotatable bonds is 2. The highest BCUT2D eigenvalue weighted by molar-refractivity contribution is 6.09. The zero-order valence-electron chi connectivity index (χ0n) is 19.7. The van der Waals surface area contributed by atoms with E-state index in [1.807, 2.05) is 60.7 Å². The van der Waals surface area contributed by atoms with E-state index in [0.717, 1.165) is 39.0 Å². The molecule has 3 heterocycles. The number of hydrogen-bond acceptors (Lipinski definition) is 2. The Balaban J connectivity index is 1.54. The van der Waals surface area contributed by atoms with Gasteiger partial charge in [-0.15, -0.1) is 0 Å². The van der Waals surface area contributed by atoms with Crippen LogP contribution >= 0.6 is 0 Å². The van der Waals surface area contributed by atoms with Crippen molar-refractivity contribution in [3.63, 3.8) is 0 Å². The van der Waals surface area contributed by atoms with E-state index < -0.39 is 0 Å². The highest BCUT2D eigenvalue weighted by Gasteiger charge is 2.18. The second kappa shape index (κ2) is 7.42. The molecule has 3 aromatic heterocycles. The van der Waals surface area contributed by atoms with Crippen molar-refractivity contribution < 1.29 is 0 Å². The lowest BCUT2D eigenvalue weighted by molar-refractivity contribution is 0.982. The zero-order chi connectivity index (χ0) is 24.5. The van der Waals surface area contributed by atoms with Crippen LogP contribution in [0.2, 0.25) is 0 Å². The topological polar surface area (TPSA) is 44.2 Å². The van der Waals surface area contributed by atoms with Crippen molar-refractivity contribution in [3.05, 3.63) is 132 Å². The van der Waals surface area contributed by atoms with Crippen molar-refractivity contribution in [2.24, 2.45) is 0 Å². The molecule has 0 atom stereocenters. The first kappa shape index (κ1) is 20.1. The molecule has 0 spiro atoms. The number of para-hydroxylation sites is 5. The number of imidazole rings is 1. The standard InChI is InChI=1S/C32H20N4O/c37-31-25-20-22(34-27-15-7-4-12-23(27)24-13-5-8-16-28(24)34)18-19-29(25)36-30-17-9-6-14-26(30)33-32(36)35(31)21-10-2-1-3-11-21/h1-20H. The average Bonchev–Trinajstić information content (AvgIpc) is 3.50. The Morgan fingerprint density at radius 1 is 0.486 bits per heavy atom. The molecule has 5 nitrogen and oxygen atoms in total. The Labute approximate surface area is 211 Å². The van der Waals surface area contributed by atoms with Crippen molar-refractivity contribution in [3.8, 4) is 11.4 Å². The molecule has 8 aromatic rings. The predicted molar refractivity (Wildman–Crippen MR) is 150 cm³/mol. The van der Waals surface area contributed by atoms with Gasteiger partial charge < -0.3 is 4.57 Å². The maximum Gasteiger partial charge on any atom is 0.267 e. The fraction of sp³-hybridized carbons (Fsp3) is 0. The SMILES string of the molecule is O=c1c2cc(-n3c4ccccc4c4ccccc43)ccc2n2c3ccccc3nc2n1-c1ccccc1. The van der Waals surface area contributed by atoms with E-state index in [9.17, 15) is 4.79 Å². The predicted octanol–water partition coefficient (Wildman–Crippen LogP) is 6.89. The van der Waals surface area contributed by atoms with Crippen LogP contribution in [0.4, 0.5) is 0 Å². The molecule has 8 rings (SSSR count). The Morgan fingerprint density at radius 3 is 1.84 bits per heavy atom. The molecule has 174 valence electrons. The lowest BCUT2D eigenvalue weighted by Crippen LogP contribution is -2.21. The molecule has 5 aromatic carbocycles. The third-order valence-electron chi connectivity index (χ3n) is 7.25. The maximum atomic E-state index is 14.2. The monoisotopic (exact) mass is 476 g/mol. The second-order valence-corrected chi connectivity index (χ2v) is 9.28. The van der Waals surface area contributed by atoms with Crippen LogP contribution in [0.3, 0.4) is 0 Å². The van der Waals surface area contributed by atoms with Crippen molar-refractivity contribution in [2.45, 2.75) is 0 Å². The van der Waals surface area contributed by atoms with E-state index in [4.69, 9.17) is 4.98 Å². The first-order valence-electron chi connectivity index (χ1n) is 12.3. The van der Waals surface area contributed by atoms with Crippen molar-refractivity contribution in [2.75, 3.05) is 0 Å². The summed E-state index contributed by atoms with van der Waals surface area (Å²) in [5.74, 6) is 0.606. The largest absolute Gasteiger partial charge is 0.309 e. The van der Waals surface area contributed by atoms with Crippen molar-refractivity contribution in [1.82, 2.24) is 18.5 Å². The molecule has 37 heavy (non-hydrogen) atoms.